The highest BCUT2D eigenvalue weighted by Gasteiger charge is 2.36. The first-order valence-electron chi connectivity index (χ1n) is 9.33. The molecule has 0 spiro atoms. The standard InChI is InChI=1S/C21H21NO5S2/c1-13-5-6-17-18(23)10-19(27-20(17)14(13)2)21(24)22(11-16-4-3-8-28-16)15-7-9-29(25,26)12-15/h3-6,8,10,15H,7,9,11-12H2,1-2H3/t15-/m0/s1. The van der Waals surface area contributed by atoms with E-state index in [-0.39, 0.29) is 29.2 Å². The summed E-state index contributed by atoms with van der Waals surface area (Å²) in [4.78, 5) is 28.4. The molecule has 0 saturated carbocycles. The SMILES string of the molecule is Cc1ccc2c(=O)cc(C(=O)N(Cc3cccs3)[C@H]3CCS(=O)(=O)C3)oc2c1C. The summed E-state index contributed by atoms with van der Waals surface area (Å²) in [6.45, 7) is 4.04. The molecule has 1 atom stereocenters. The molecule has 0 radical (unpaired) electrons. The van der Waals surface area contributed by atoms with Crippen LogP contribution in [-0.2, 0) is 16.4 Å². The third-order valence-electron chi connectivity index (χ3n) is 5.44. The summed E-state index contributed by atoms with van der Waals surface area (Å²) in [7, 11) is -3.17. The van der Waals surface area contributed by atoms with E-state index >= 15 is 0 Å². The third-order valence-corrected chi connectivity index (χ3v) is 8.05. The zero-order valence-electron chi connectivity index (χ0n) is 16.2. The molecule has 0 bridgehead atoms. The van der Waals surface area contributed by atoms with E-state index in [2.05, 4.69) is 0 Å². The van der Waals surface area contributed by atoms with E-state index in [0.29, 0.717) is 17.4 Å². The summed E-state index contributed by atoms with van der Waals surface area (Å²) >= 11 is 1.50. The van der Waals surface area contributed by atoms with Crippen molar-refractivity contribution in [2.24, 2.45) is 0 Å². The lowest BCUT2D eigenvalue weighted by Gasteiger charge is -2.27. The minimum Gasteiger partial charge on any atom is -0.450 e. The van der Waals surface area contributed by atoms with Crippen molar-refractivity contribution < 1.29 is 17.6 Å². The van der Waals surface area contributed by atoms with Crippen LogP contribution in [0.5, 0.6) is 0 Å². The number of aryl methyl sites for hydroxylation is 2. The van der Waals surface area contributed by atoms with Gasteiger partial charge in [0, 0.05) is 17.0 Å². The number of sulfone groups is 1. The first kappa shape index (κ1) is 19.8. The van der Waals surface area contributed by atoms with Crippen LogP contribution in [0.2, 0.25) is 0 Å². The van der Waals surface area contributed by atoms with Gasteiger partial charge in [0.05, 0.1) is 23.4 Å². The van der Waals surface area contributed by atoms with Crippen molar-refractivity contribution in [3.63, 3.8) is 0 Å². The number of carbonyl (C=O) groups excluding carboxylic acids is 1. The van der Waals surface area contributed by atoms with Gasteiger partial charge < -0.3 is 9.32 Å². The van der Waals surface area contributed by atoms with Gasteiger partial charge in [0.25, 0.3) is 5.91 Å². The average Bonchev–Trinajstić information content (AvgIpc) is 3.31. The van der Waals surface area contributed by atoms with Crippen LogP contribution in [0.25, 0.3) is 11.0 Å². The van der Waals surface area contributed by atoms with Gasteiger partial charge in [0.2, 0.25) is 0 Å². The van der Waals surface area contributed by atoms with Crippen LogP contribution in [0.15, 0.2) is 44.9 Å². The van der Waals surface area contributed by atoms with Gasteiger partial charge >= 0.3 is 0 Å². The fourth-order valence-corrected chi connectivity index (χ4v) is 6.09. The molecule has 4 rings (SSSR count). The summed E-state index contributed by atoms with van der Waals surface area (Å²) in [5, 5.41) is 2.34. The highest BCUT2D eigenvalue weighted by Crippen LogP contribution is 2.26. The highest BCUT2D eigenvalue weighted by molar-refractivity contribution is 7.91. The highest BCUT2D eigenvalue weighted by atomic mass is 32.2. The lowest BCUT2D eigenvalue weighted by Crippen LogP contribution is -2.40. The second-order valence-electron chi connectivity index (χ2n) is 7.43. The van der Waals surface area contributed by atoms with Gasteiger partial charge in [-0.3, -0.25) is 9.59 Å². The summed E-state index contributed by atoms with van der Waals surface area (Å²) in [5.74, 6) is -0.524. The lowest BCUT2D eigenvalue weighted by atomic mass is 10.1. The van der Waals surface area contributed by atoms with Crippen LogP contribution in [0.4, 0.5) is 0 Å². The molecule has 2 aromatic heterocycles. The summed E-state index contributed by atoms with van der Waals surface area (Å²) in [6.07, 6.45) is 0.384. The largest absolute Gasteiger partial charge is 0.450 e. The molecule has 1 aliphatic rings. The molecule has 1 fully saturated rings. The maximum absolute atomic E-state index is 13.4. The van der Waals surface area contributed by atoms with Crippen molar-refractivity contribution in [1.29, 1.82) is 0 Å². The predicted molar refractivity (Wildman–Crippen MR) is 113 cm³/mol. The number of hydrogen-bond acceptors (Lipinski definition) is 6. The van der Waals surface area contributed by atoms with Crippen molar-refractivity contribution in [1.82, 2.24) is 4.90 Å². The maximum atomic E-state index is 13.4. The van der Waals surface area contributed by atoms with Crippen molar-refractivity contribution in [2.45, 2.75) is 32.9 Å². The molecule has 8 heteroatoms. The number of benzene rings is 1. The number of rotatable bonds is 4. The molecule has 6 nitrogen and oxygen atoms in total. The van der Waals surface area contributed by atoms with E-state index in [4.69, 9.17) is 4.42 Å². The molecular formula is C21H21NO5S2. The first-order valence-corrected chi connectivity index (χ1v) is 12.0. The Balaban J connectivity index is 1.77. The van der Waals surface area contributed by atoms with E-state index in [1.165, 1.54) is 22.3 Å². The van der Waals surface area contributed by atoms with E-state index in [0.717, 1.165) is 16.0 Å². The number of fused-ring (bicyclic) bond motifs is 1. The maximum Gasteiger partial charge on any atom is 0.290 e. The van der Waals surface area contributed by atoms with Crippen LogP contribution in [0, 0.1) is 13.8 Å². The molecule has 0 N–H and O–H groups in total. The van der Waals surface area contributed by atoms with Gasteiger partial charge in [-0.1, -0.05) is 12.1 Å². The Morgan fingerprint density at radius 2 is 2.07 bits per heavy atom. The second kappa shape index (κ2) is 7.42. The van der Waals surface area contributed by atoms with E-state index in [1.807, 2.05) is 37.4 Å². The Kier molecular flexibility index (Phi) is 5.08. The monoisotopic (exact) mass is 431 g/mol. The molecule has 29 heavy (non-hydrogen) atoms. The van der Waals surface area contributed by atoms with Gasteiger partial charge in [0.1, 0.15) is 5.58 Å². The van der Waals surface area contributed by atoms with Gasteiger partial charge in [0.15, 0.2) is 21.0 Å². The Hall–Kier alpha value is -2.45. The quantitative estimate of drug-likeness (QED) is 0.633. The van der Waals surface area contributed by atoms with Crippen molar-refractivity contribution >= 4 is 38.1 Å². The average molecular weight is 432 g/mol. The molecule has 0 unspecified atom stereocenters. The van der Waals surface area contributed by atoms with Gasteiger partial charge in [-0.05, 0) is 48.9 Å². The minimum absolute atomic E-state index is 0.0583. The molecule has 1 aromatic carbocycles. The van der Waals surface area contributed by atoms with Crippen LogP contribution in [0.1, 0.15) is 33.0 Å². The van der Waals surface area contributed by atoms with Crippen LogP contribution >= 0.6 is 11.3 Å². The molecule has 1 aliphatic heterocycles. The fraction of sp³-hybridized carbons (Fsp3) is 0.333. The number of nitrogens with zero attached hydrogens (tertiary/aromatic N) is 1. The Bertz CT molecular complexity index is 1240. The smallest absolute Gasteiger partial charge is 0.290 e. The zero-order valence-corrected chi connectivity index (χ0v) is 17.8. The first-order chi connectivity index (χ1) is 13.7. The number of hydrogen-bond donors (Lipinski definition) is 0. The van der Waals surface area contributed by atoms with E-state index < -0.39 is 21.8 Å². The third kappa shape index (κ3) is 3.86. The van der Waals surface area contributed by atoms with Crippen LogP contribution < -0.4 is 5.43 Å². The molecule has 0 aliphatic carbocycles. The Morgan fingerprint density at radius 1 is 1.28 bits per heavy atom. The zero-order chi connectivity index (χ0) is 20.8. The molecule has 1 saturated heterocycles. The molecule has 1 amide bonds. The molecule has 3 aromatic rings. The van der Waals surface area contributed by atoms with Crippen LogP contribution in [-0.4, -0.2) is 36.8 Å². The minimum atomic E-state index is -3.17. The van der Waals surface area contributed by atoms with Crippen molar-refractivity contribution in [3.8, 4) is 0 Å². The Morgan fingerprint density at radius 3 is 2.72 bits per heavy atom. The summed E-state index contributed by atoms with van der Waals surface area (Å²) in [5.41, 5.74) is 1.88. The Labute approximate surface area is 172 Å². The van der Waals surface area contributed by atoms with Crippen molar-refractivity contribution in [2.75, 3.05) is 11.5 Å². The molecule has 3 heterocycles. The topological polar surface area (TPSA) is 84.7 Å². The predicted octanol–water partition coefficient (Wildman–Crippen LogP) is 3.30. The molecular weight excluding hydrogens is 410 g/mol. The second-order valence-corrected chi connectivity index (χ2v) is 10.7. The van der Waals surface area contributed by atoms with Gasteiger partial charge in [-0.2, -0.15) is 0 Å². The van der Waals surface area contributed by atoms with E-state index in [9.17, 15) is 18.0 Å². The summed E-state index contributed by atoms with van der Waals surface area (Å²) in [6, 6.07) is 8.11. The molecule has 152 valence electrons. The summed E-state index contributed by atoms with van der Waals surface area (Å²) < 4.78 is 29.9. The fourth-order valence-electron chi connectivity index (χ4n) is 3.66. The normalized spacial score (nSPS) is 18.2. The number of thiophene rings is 1. The number of carbonyl (C=O) groups is 1. The van der Waals surface area contributed by atoms with Gasteiger partial charge in [-0.25, -0.2) is 8.42 Å². The van der Waals surface area contributed by atoms with Gasteiger partial charge in [-0.15, -0.1) is 11.3 Å². The van der Waals surface area contributed by atoms with E-state index in [1.54, 1.807) is 6.07 Å². The van der Waals surface area contributed by atoms with Crippen molar-refractivity contribution in [3.05, 3.63) is 67.7 Å². The lowest BCUT2D eigenvalue weighted by molar-refractivity contribution is 0.0650. The van der Waals surface area contributed by atoms with Crippen LogP contribution in [0.3, 0.4) is 0 Å². The number of amides is 1.